The molecule has 2 aromatic heterocycles. The fraction of sp³-hybridized carbons (Fsp3) is 0.200. The smallest absolute Gasteiger partial charge is 0.138 e. The SMILES string of the molecule is C.C=CC/C=C/CCCO.C=CC/C=C/CCCOc1ccc2cc(-c3ccccc3)oc2c1.Oc1ccc2cc(-c3ccccc3)oc2c1. The molecular weight excluding hydrogens is 620 g/mol. The molecule has 0 bridgehead atoms. The lowest BCUT2D eigenvalue weighted by Gasteiger charge is -2.04. The maximum Gasteiger partial charge on any atom is 0.138 e. The van der Waals surface area contributed by atoms with Gasteiger partial charge >= 0.3 is 0 Å². The van der Waals surface area contributed by atoms with Crippen molar-refractivity contribution in [3.8, 4) is 34.1 Å². The minimum atomic E-state index is 0. The molecule has 0 fully saturated rings. The first-order chi connectivity index (χ1) is 24.1. The van der Waals surface area contributed by atoms with Crippen molar-refractivity contribution in [1.29, 1.82) is 0 Å². The first-order valence-electron chi connectivity index (χ1n) is 16.7. The maximum atomic E-state index is 9.35. The van der Waals surface area contributed by atoms with Gasteiger partial charge in [-0.15, -0.1) is 13.2 Å². The molecule has 0 unspecified atom stereocenters. The molecular formula is C45H50O5. The summed E-state index contributed by atoms with van der Waals surface area (Å²) in [5.41, 5.74) is 3.69. The summed E-state index contributed by atoms with van der Waals surface area (Å²) in [7, 11) is 0. The van der Waals surface area contributed by atoms with Crippen LogP contribution in [0.25, 0.3) is 44.6 Å². The number of aliphatic hydroxyl groups is 1. The van der Waals surface area contributed by atoms with Crippen LogP contribution in [0, 0.1) is 0 Å². The van der Waals surface area contributed by atoms with Crippen LogP contribution >= 0.6 is 0 Å². The van der Waals surface area contributed by atoms with Crippen molar-refractivity contribution in [3.63, 3.8) is 0 Å². The Hall–Kier alpha value is -5.52. The third-order valence-corrected chi connectivity index (χ3v) is 7.36. The number of allylic oxidation sites excluding steroid dienone is 6. The van der Waals surface area contributed by atoms with Crippen molar-refractivity contribution in [2.75, 3.05) is 13.2 Å². The van der Waals surface area contributed by atoms with Gasteiger partial charge in [0.1, 0.15) is 34.2 Å². The molecule has 260 valence electrons. The third-order valence-electron chi connectivity index (χ3n) is 7.36. The molecule has 0 aliphatic carbocycles. The third kappa shape index (κ3) is 12.8. The van der Waals surface area contributed by atoms with Gasteiger partial charge in [0.05, 0.1) is 6.61 Å². The minimum absolute atomic E-state index is 0. The molecule has 6 rings (SSSR count). The predicted octanol–water partition coefficient (Wildman–Crippen LogP) is 12.7. The number of hydrogen-bond donors (Lipinski definition) is 2. The average Bonchev–Trinajstić information content (AvgIpc) is 3.77. The molecule has 2 N–H and O–H groups in total. The van der Waals surface area contributed by atoms with Crippen molar-refractivity contribution in [1.82, 2.24) is 0 Å². The van der Waals surface area contributed by atoms with E-state index >= 15 is 0 Å². The summed E-state index contributed by atoms with van der Waals surface area (Å²) in [5.74, 6) is 2.78. The lowest BCUT2D eigenvalue weighted by Crippen LogP contribution is -1.96. The van der Waals surface area contributed by atoms with E-state index in [1.165, 1.54) is 0 Å². The van der Waals surface area contributed by atoms with E-state index in [-0.39, 0.29) is 13.2 Å². The van der Waals surface area contributed by atoms with E-state index in [0.717, 1.165) is 83.3 Å². The fourth-order valence-corrected chi connectivity index (χ4v) is 4.83. The molecule has 0 saturated carbocycles. The normalized spacial score (nSPS) is 10.7. The molecule has 0 aliphatic rings. The fourth-order valence-electron chi connectivity index (χ4n) is 4.83. The highest BCUT2D eigenvalue weighted by Gasteiger charge is 2.08. The summed E-state index contributed by atoms with van der Waals surface area (Å²) in [4.78, 5) is 0. The van der Waals surface area contributed by atoms with Crippen molar-refractivity contribution in [2.45, 2.75) is 46.0 Å². The van der Waals surface area contributed by atoms with Crippen molar-refractivity contribution >= 4 is 21.9 Å². The molecule has 2 heterocycles. The Morgan fingerprint density at radius 3 is 1.66 bits per heavy atom. The standard InChI is InChI=1S/C22H22O2.C14H10O2.C8H14O.CH4/c1-2-3-4-5-6-10-15-23-20-14-13-19-16-21(24-22(19)17-20)18-11-8-7-9-12-18;15-12-7-6-11-8-13(16-14(11)9-12)10-4-2-1-3-5-10;1-2-3-4-5-6-7-8-9;/h2,4-5,7-9,11-14,16-17H,1,3,6,10,15H2;1-9,15H;2,4-5,9H,1,3,6-8H2;1H4/b5-4+;;5-4+;. The van der Waals surface area contributed by atoms with Gasteiger partial charge in [0, 0.05) is 40.6 Å². The molecule has 6 aromatic rings. The number of phenolic OH excluding ortho intramolecular Hbond substituents is 1. The molecule has 0 amide bonds. The van der Waals surface area contributed by atoms with Crippen LogP contribution < -0.4 is 4.74 Å². The van der Waals surface area contributed by atoms with Crippen LogP contribution in [-0.4, -0.2) is 23.4 Å². The molecule has 0 atom stereocenters. The van der Waals surface area contributed by atoms with E-state index in [1.54, 1.807) is 12.1 Å². The molecule has 50 heavy (non-hydrogen) atoms. The number of rotatable bonds is 14. The van der Waals surface area contributed by atoms with Crippen LogP contribution in [0.2, 0.25) is 0 Å². The van der Waals surface area contributed by atoms with E-state index < -0.39 is 0 Å². The molecule has 0 spiro atoms. The van der Waals surface area contributed by atoms with E-state index in [4.69, 9.17) is 18.7 Å². The first kappa shape index (κ1) is 38.9. The Morgan fingerprint density at radius 1 is 0.600 bits per heavy atom. The Balaban J connectivity index is 0.000000224. The molecule has 5 heteroatoms. The number of furan rings is 2. The summed E-state index contributed by atoms with van der Waals surface area (Å²) in [6.07, 6.45) is 17.9. The van der Waals surface area contributed by atoms with Gasteiger partial charge in [-0.2, -0.15) is 0 Å². The monoisotopic (exact) mass is 670 g/mol. The van der Waals surface area contributed by atoms with Gasteiger partial charge < -0.3 is 23.8 Å². The first-order valence-corrected chi connectivity index (χ1v) is 16.7. The minimum Gasteiger partial charge on any atom is -0.508 e. The number of ether oxygens (including phenoxy) is 1. The van der Waals surface area contributed by atoms with Crippen LogP contribution in [0.3, 0.4) is 0 Å². The lowest BCUT2D eigenvalue weighted by atomic mass is 10.1. The Morgan fingerprint density at radius 2 is 1.12 bits per heavy atom. The Bertz CT molecular complexity index is 1890. The van der Waals surface area contributed by atoms with Gasteiger partial charge in [-0.25, -0.2) is 0 Å². The highest BCUT2D eigenvalue weighted by Crippen LogP contribution is 2.31. The van der Waals surface area contributed by atoms with Gasteiger partial charge in [0.15, 0.2) is 0 Å². The van der Waals surface area contributed by atoms with Crippen LogP contribution in [0.4, 0.5) is 0 Å². The Kier molecular flexibility index (Phi) is 17.3. The molecule has 0 saturated heterocycles. The van der Waals surface area contributed by atoms with Crippen LogP contribution in [0.5, 0.6) is 11.5 Å². The predicted molar refractivity (Wildman–Crippen MR) is 211 cm³/mol. The number of aliphatic hydroxyl groups excluding tert-OH is 1. The zero-order valence-electron chi connectivity index (χ0n) is 28.0. The summed E-state index contributed by atoms with van der Waals surface area (Å²) in [5, 5.41) is 19.8. The highest BCUT2D eigenvalue weighted by molar-refractivity contribution is 5.84. The quantitative estimate of drug-likeness (QED) is 0.0891. The maximum absolute atomic E-state index is 9.35. The van der Waals surface area contributed by atoms with Gasteiger partial charge in [-0.1, -0.05) is 105 Å². The number of hydrogen-bond acceptors (Lipinski definition) is 5. The zero-order chi connectivity index (χ0) is 34.5. The number of fused-ring (bicyclic) bond motifs is 2. The second-order valence-electron chi connectivity index (χ2n) is 11.2. The van der Waals surface area contributed by atoms with Crippen LogP contribution in [0.1, 0.15) is 46.0 Å². The molecule has 0 radical (unpaired) electrons. The largest absolute Gasteiger partial charge is 0.508 e. The molecule has 4 aromatic carbocycles. The number of aromatic hydroxyl groups is 1. The van der Waals surface area contributed by atoms with Crippen molar-refractivity contribution in [2.24, 2.45) is 0 Å². The summed E-state index contributed by atoms with van der Waals surface area (Å²) in [6, 6.07) is 35.2. The van der Waals surface area contributed by atoms with Gasteiger partial charge in [0.2, 0.25) is 0 Å². The summed E-state index contributed by atoms with van der Waals surface area (Å²) >= 11 is 0. The second-order valence-corrected chi connectivity index (χ2v) is 11.2. The van der Waals surface area contributed by atoms with E-state index in [0.29, 0.717) is 18.8 Å². The van der Waals surface area contributed by atoms with Crippen molar-refractivity contribution < 1.29 is 23.8 Å². The summed E-state index contributed by atoms with van der Waals surface area (Å²) in [6.45, 7) is 8.27. The number of unbranched alkanes of at least 4 members (excludes halogenated alkanes) is 2. The topological polar surface area (TPSA) is 76.0 Å². The highest BCUT2D eigenvalue weighted by atomic mass is 16.5. The lowest BCUT2D eigenvalue weighted by molar-refractivity contribution is 0.289. The zero-order valence-corrected chi connectivity index (χ0v) is 28.0. The van der Waals surface area contributed by atoms with E-state index in [2.05, 4.69) is 55.7 Å². The Labute approximate surface area is 297 Å². The summed E-state index contributed by atoms with van der Waals surface area (Å²) < 4.78 is 17.5. The van der Waals surface area contributed by atoms with Gasteiger partial charge in [0.25, 0.3) is 0 Å². The van der Waals surface area contributed by atoms with E-state index in [1.807, 2.05) is 91.0 Å². The average molecular weight is 671 g/mol. The molecule has 0 aliphatic heterocycles. The number of phenols is 1. The van der Waals surface area contributed by atoms with E-state index in [9.17, 15) is 5.11 Å². The molecule has 5 nitrogen and oxygen atoms in total. The second kappa shape index (κ2) is 22.2. The van der Waals surface area contributed by atoms with Gasteiger partial charge in [-0.05, 0) is 74.9 Å². The van der Waals surface area contributed by atoms with Crippen molar-refractivity contribution in [3.05, 3.63) is 159 Å². The van der Waals surface area contributed by atoms with Gasteiger partial charge in [-0.3, -0.25) is 0 Å². The van der Waals surface area contributed by atoms with Crippen LogP contribution in [0.15, 0.2) is 168 Å². The number of benzene rings is 4. The van der Waals surface area contributed by atoms with Crippen LogP contribution in [-0.2, 0) is 0 Å².